The predicted octanol–water partition coefficient (Wildman–Crippen LogP) is 5.28. The molecule has 0 bridgehead atoms. The Morgan fingerprint density at radius 1 is 0.784 bits per heavy atom. The largest absolute Gasteiger partial charge is 0.321 e. The van der Waals surface area contributed by atoms with Crippen molar-refractivity contribution in [2.75, 3.05) is 5.32 Å². The van der Waals surface area contributed by atoms with Crippen molar-refractivity contribution in [3.05, 3.63) is 86.1 Å². The highest BCUT2D eigenvalue weighted by atomic mass is 16.1. The van der Waals surface area contributed by atoms with E-state index in [9.17, 15) is 4.79 Å². The smallest absolute Gasteiger partial charge is 0.256 e. The van der Waals surface area contributed by atoms with Gasteiger partial charge in [-0.3, -0.25) is 4.79 Å². The molecule has 0 aliphatic carbocycles. The molecule has 0 atom stereocenters. The van der Waals surface area contributed by atoms with E-state index < -0.39 is 0 Å². The molecule has 0 heterocycles. The second-order valence-corrected chi connectivity index (χ2v) is 9.77. The van der Waals surface area contributed by atoms with Gasteiger partial charge in [-0.15, -0.1) is 0 Å². The summed E-state index contributed by atoms with van der Waals surface area (Å²) in [7, 11) is 0. The van der Waals surface area contributed by atoms with Gasteiger partial charge in [0.2, 0.25) is 0 Å². The minimum absolute atomic E-state index is 0.184. The van der Waals surface area contributed by atoms with Crippen LogP contribution in [0.25, 0.3) is 36.4 Å². The molecule has 0 spiro atoms. The van der Waals surface area contributed by atoms with Gasteiger partial charge in [-0.2, -0.15) is 0 Å². The van der Waals surface area contributed by atoms with Crippen molar-refractivity contribution in [1.82, 2.24) is 0 Å². The summed E-state index contributed by atoms with van der Waals surface area (Å²) in [4.78, 5) is 13.5. The van der Waals surface area contributed by atoms with Crippen LogP contribution in [0.5, 0.6) is 0 Å². The van der Waals surface area contributed by atoms with Crippen molar-refractivity contribution < 1.29 is 4.79 Å². The Morgan fingerprint density at radius 3 is 1.97 bits per heavy atom. The van der Waals surface area contributed by atoms with Gasteiger partial charge in [0.25, 0.3) is 5.91 Å². The Kier molecular flexibility index (Phi) is 8.60. The lowest BCUT2D eigenvalue weighted by Gasteiger charge is -2.20. The van der Waals surface area contributed by atoms with E-state index >= 15 is 0 Å². The molecule has 0 saturated heterocycles. The van der Waals surface area contributed by atoms with E-state index in [1.807, 2.05) is 37.3 Å². The van der Waals surface area contributed by atoms with Crippen LogP contribution in [0.1, 0.15) is 74.9 Å². The van der Waals surface area contributed by atoms with Gasteiger partial charge in [0.15, 0.2) is 0 Å². The average molecular weight is 486 g/mol. The molecule has 3 aromatic carbocycles. The molecule has 1 N–H and O–H groups in total. The molecule has 186 valence electrons. The number of para-hydroxylation sites is 1. The summed E-state index contributed by atoms with van der Waals surface area (Å²) in [5.41, 5.74) is 6.37. The minimum Gasteiger partial charge on any atom is -0.321 e. The van der Waals surface area contributed by atoms with E-state index in [-0.39, 0.29) is 17.7 Å². The van der Waals surface area contributed by atoms with Crippen LogP contribution in [-0.2, 0) is 0 Å². The zero-order valence-electron chi connectivity index (χ0n) is 22.8. The van der Waals surface area contributed by atoms with Crippen molar-refractivity contribution >= 4 is 36.9 Å². The fraction of sp³-hybridized carbons (Fsp3) is 0.229. The molecule has 0 aromatic heterocycles. The highest BCUT2D eigenvalue weighted by Gasteiger charge is 2.18. The second kappa shape index (κ2) is 11.6. The molecule has 1 amide bonds. The first-order valence-electron chi connectivity index (χ1n) is 12.6. The van der Waals surface area contributed by atoms with Crippen molar-refractivity contribution in [3.8, 4) is 34.8 Å². The molecule has 2 nitrogen and oxygen atoms in total. The number of hydrogen-bond donors (Lipinski definition) is 1. The second-order valence-electron chi connectivity index (χ2n) is 9.77. The number of benzene rings is 3. The molecule has 37 heavy (non-hydrogen) atoms. The summed E-state index contributed by atoms with van der Waals surface area (Å²) in [6, 6.07) is 16.0. The molecule has 0 unspecified atom stereocenters. The van der Waals surface area contributed by atoms with Gasteiger partial charge >= 0.3 is 0 Å². The van der Waals surface area contributed by atoms with Crippen LogP contribution < -0.4 is 26.2 Å². The molecule has 0 aliphatic rings. The minimum atomic E-state index is -0.184. The van der Waals surface area contributed by atoms with E-state index in [0.29, 0.717) is 16.0 Å². The standard InChI is InChI=1S/C35H35NO/c1-10-11-12-15-24(6)30-18-14-19-31(27(30)9)32-20-21-33(26(8)25(32)7)35(37)36-34-28(22(2)3)16-13-17-29(34)23(4)5/h13-14,16-23H,7-9H2,1-6H3,(H,36,37)/b30-24+. The first-order valence-corrected chi connectivity index (χ1v) is 12.6. The lowest BCUT2D eigenvalue weighted by atomic mass is 9.92. The fourth-order valence-electron chi connectivity index (χ4n) is 4.48. The third kappa shape index (κ3) is 5.77. The van der Waals surface area contributed by atoms with Crippen LogP contribution >= 0.6 is 0 Å². The van der Waals surface area contributed by atoms with Crippen LogP contribution in [0.3, 0.4) is 0 Å². The lowest BCUT2D eigenvalue weighted by molar-refractivity contribution is 0.102. The van der Waals surface area contributed by atoms with Crippen LogP contribution in [0.4, 0.5) is 5.69 Å². The lowest BCUT2D eigenvalue weighted by Crippen LogP contribution is -2.35. The number of hydrogen-bond acceptors (Lipinski definition) is 1. The number of amides is 1. The van der Waals surface area contributed by atoms with Gasteiger partial charge in [-0.1, -0.05) is 102 Å². The quantitative estimate of drug-likeness (QED) is 0.490. The molecule has 0 fully saturated rings. The van der Waals surface area contributed by atoms with Crippen molar-refractivity contribution in [2.24, 2.45) is 0 Å². The van der Waals surface area contributed by atoms with Gasteiger partial charge in [0.05, 0.1) is 0 Å². The average Bonchev–Trinajstić information content (AvgIpc) is 2.85. The normalized spacial score (nSPS) is 11.4. The number of anilines is 1. The summed E-state index contributed by atoms with van der Waals surface area (Å²) in [5, 5.41) is 6.32. The fourth-order valence-corrected chi connectivity index (χ4v) is 4.48. The van der Waals surface area contributed by atoms with Crippen LogP contribution in [-0.4, -0.2) is 5.91 Å². The van der Waals surface area contributed by atoms with Crippen molar-refractivity contribution in [3.63, 3.8) is 0 Å². The Balaban J connectivity index is 2.10. The van der Waals surface area contributed by atoms with Crippen molar-refractivity contribution in [1.29, 1.82) is 0 Å². The Bertz CT molecular complexity index is 1670. The van der Waals surface area contributed by atoms with E-state index in [1.54, 1.807) is 6.92 Å². The predicted molar refractivity (Wildman–Crippen MR) is 160 cm³/mol. The van der Waals surface area contributed by atoms with Crippen LogP contribution in [0.2, 0.25) is 0 Å². The zero-order valence-corrected chi connectivity index (χ0v) is 22.8. The van der Waals surface area contributed by atoms with Crippen LogP contribution in [0.15, 0.2) is 48.5 Å². The monoisotopic (exact) mass is 485 g/mol. The number of rotatable bonds is 5. The van der Waals surface area contributed by atoms with E-state index in [4.69, 9.17) is 0 Å². The van der Waals surface area contributed by atoms with Gasteiger partial charge in [0, 0.05) is 16.8 Å². The molecule has 3 aromatic rings. The maximum atomic E-state index is 13.5. The third-order valence-corrected chi connectivity index (χ3v) is 6.59. The van der Waals surface area contributed by atoms with Crippen molar-refractivity contribution in [2.45, 2.75) is 53.4 Å². The van der Waals surface area contributed by atoms with Gasteiger partial charge < -0.3 is 5.32 Å². The molecule has 0 aliphatic heterocycles. The highest BCUT2D eigenvalue weighted by molar-refractivity contribution is 6.05. The maximum Gasteiger partial charge on any atom is 0.256 e. The van der Waals surface area contributed by atoms with Gasteiger partial charge in [0.1, 0.15) is 0 Å². The number of carbonyl (C=O) groups is 1. The van der Waals surface area contributed by atoms with E-state index in [2.05, 4.69) is 94.6 Å². The summed E-state index contributed by atoms with van der Waals surface area (Å²) in [6.07, 6.45) is 0. The van der Waals surface area contributed by atoms with E-state index in [1.165, 1.54) is 0 Å². The summed E-state index contributed by atoms with van der Waals surface area (Å²) in [5.74, 6) is 11.9. The zero-order chi connectivity index (χ0) is 27.3. The molecule has 2 heteroatoms. The molecule has 0 radical (unpaired) electrons. The first-order chi connectivity index (χ1) is 17.6. The Hall–Kier alpha value is -4.27. The summed E-state index contributed by atoms with van der Waals surface area (Å²) >= 11 is 0. The highest BCUT2D eigenvalue weighted by Crippen LogP contribution is 2.32. The maximum absolute atomic E-state index is 13.5. The van der Waals surface area contributed by atoms with Crippen LogP contribution in [0, 0.1) is 23.7 Å². The molecule has 3 rings (SSSR count). The molecular weight excluding hydrogens is 450 g/mol. The summed E-state index contributed by atoms with van der Waals surface area (Å²) < 4.78 is 0. The molecular formula is C35H35NO. The number of carbonyl (C=O) groups excluding carboxylic acids is 1. The van der Waals surface area contributed by atoms with Gasteiger partial charge in [-0.25, -0.2) is 0 Å². The van der Waals surface area contributed by atoms with Gasteiger partial charge in [-0.05, 0) is 86.7 Å². The molecule has 0 saturated carbocycles. The summed E-state index contributed by atoms with van der Waals surface area (Å²) in [6.45, 7) is 25.1. The third-order valence-electron chi connectivity index (χ3n) is 6.59. The first kappa shape index (κ1) is 27.3. The topological polar surface area (TPSA) is 29.1 Å². The number of nitrogens with one attached hydrogen (secondary N) is 1. The SMILES string of the molecule is C=c1c(C(=O)Nc2c(C(C)C)cccc2C(C)C)ccc(-c2ccc/c(=C(/C)C#CC#CC)c2=C)c1=C. The Labute approximate surface area is 221 Å². The Morgan fingerprint density at radius 2 is 1.38 bits per heavy atom. The van der Waals surface area contributed by atoms with E-state index in [0.717, 1.165) is 44.0 Å².